The van der Waals surface area contributed by atoms with Crippen LogP contribution in [-0.4, -0.2) is 12.0 Å². The van der Waals surface area contributed by atoms with Crippen LogP contribution in [0.1, 0.15) is 5.69 Å². The van der Waals surface area contributed by atoms with Crippen molar-refractivity contribution in [3.05, 3.63) is 22.4 Å². The van der Waals surface area contributed by atoms with Gasteiger partial charge in [-0.05, 0) is 28.9 Å². The quantitative estimate of drug-likeness (QED) is 0.753. The highest BCUT2D eigenvalue weighted by molar-refractivity contribution is 9.10. The molecule has 1 aromatic heterocycles. The Bertz CT molecular complexity index is 235. The summed E-state index contributed by atoms with van der Waals surface area (Å²) < 4.78 is 1.00. The maximum atomic E-state index is 4.10. The molecular weight excluding hydrogens is 192 g/mol. The first-order valence-corrected chi connectivity index (χ1v) is 3.83. The molecule has 0 aliphatic rings. The third-order valence-electron chi connectivity index (χ3n) is 1.26. The maximum Gasteiger partial charge on any atom is 0.0590 e. The Morgan fingerprint density at radius 1 is 1.60 bits per heavy atom. The summed E-state index contributed by atoms with van der Waals surface area (Å²) in [6.07, 6.45) is 1.79. The first-order chi connectivity index (χ1) is 4.74. The van der Waals surface area contributed by atoms with E-state index in [1.54, 1.807) is 6.20 Å². The summed E-state index contributed by atoms with van der Waals surface area (Å²) in [5.74, 6) is 0. The Hall–Kier alpha value is -0.570. The molecule has 54 valence electrons. The van der Waals surface area contributed by atoms with Crippen LogP contribution in [0.4, 0.5) is 5.69 Å². The van der Waals surface area contributed by atoms with Crippen molar-refractivity contribution < 1.29 is 0 Å². The minimum atomic E-state index is 1.00. The van der Waals surface area contributed by atoms with Crippen LogP contribution in [-0.2, 0) is 0 Å². The normalized spacial score (nSPS) is 9.50. The van der Waals surface area contributed by atoms with Crippen molar-refractivity contribution in [1.82, 2.24) is 4.98 Å². The van der Waals surface area contributed by atoms with E-state index in [4.69, 9.17) is 0 Å². The fourth-order valence-electron chi connectivity index (χ4n) is 0.735. The second-order valence-electron chi connectivity index (χ2n) is 2.06. The first-order valence-electron chi connectivity index (χ1n) is 3.04. The number of hydrogen-bond acceptors (Lipinski definition) is 2. The number of hydrogen-bond donors (Lipinski definition) is 1. The summed E-state index contributed by atoms with van der Waals surface area (Å²) in [4.78, 5) is 4.10. The van der Waals surface area contributed by atoms with E-state index in [0.29, 0.717) is 0 Å². The fraction of sp³-hybridized carbons (Fsp3) is 0.286. The Balaban J connectivity index is 3.09. The van der Waals surface area contributed by atoms with Gasteiger partial charge in [-0.3, -0.25) is 4.98 Å². The smallest absolute Gasteiger partial charge is 0.0590 e. The molecule has 1 heterocycles. The van der Waals surface area contributed by atoms with E-state index in [-0.39, 0.29) is 0 Å². The highest BCUT2D eigenvalue weighted by Crippen LogP contribution is 2.20. The summed E-state index contributed by atoms with van der Waals surface area (Å²) in [5.41, 5.74) is 2.10. The molecule has 0 aliphatic carbocycles. The number of rotatable bonds is 1. The first kappa shape index (κ1) is 7.54. The topological polar surface area (TPSA) is 24.9 Å². The van der Waals surface area contributed by atoms with Crippen molar-refractivity contribution in [1.29, 1.82) is 0 Å². The third-order valence-corrected chi connectivity index (χ3v) is 1.89. The van der Waals surface area contributed by atoms with E-state index in [0.717, 1.165) is 15.9 Å². The molecule has 0 bridgehead atoms. The van der Waals surface area contributed by atoms with Crippen LogP contribution >= 0.6 is 15.9 Å². The molecule has 1 N–H and O–H groups in total. The Kier molecular flexibility index (Phi) is 2.27. The van der Waals surface area contributed by atoms with Crippen LogP contribution in [0, 0.1) is 6.92 Å². The lowest BCUT2D eigenvalue weighted by molar-refractivity contribution is 1.19. The molecule has 0 saturated carbocycles. The molecule has 0 fully saturated rings. The number of halogens is 1. The SMILES string of the molecule is CNc1cc(C)ncc1Br. The molecule has 0 saturated heterocycles. The monoisotopic (exact) mass is 200 g/mol. The summed E-state index contributed by atoms with van der Waals surface area (Å²) in [7, 11) is 1.89. The molecule has 3 heteroatoms. The van der Waals surface area contributed by atoms with Crippen molar-refractivity contribution in [2.45, 2.75) is 6.92 Å². The van der Waals surface area contributed by atoms with Gasteiger partial charge in [0, 0.05) is 18.9 Å². The predicted molar refractivity (Wildman–Crippen MR) is 46.2 cm³/mol. The van der Waals surface area contributed by atoms with Gasteiger partial charge in [-0.1, -0.05) is 0 Å². The van der Waals surface area contributed by atoms with E-state index < -0.39 is 0 Å². The van der Waals surface area contributed by atoms with Gasteiger partial charge in [-0.25, -0.2) is 0 Å². The molecule has 0 unspecified atom stereocenters. The van der Waals surface area contributed by atoms with Crippen molar-refractivity contribution in [3.8, 4) is 0 Å². The second kappa shape index (κ2) is 3.01. The summed E-state index contributed by atoms with van der Waals surface area (Å²) in [6, 6.07) is 1.99. The van der Waals surface area contributed by atoms with Crippen LogP contribution in [0.5, 0.6) is 0 Å². The molecule has 0 aliphatic heterocycles. The van der Waals surface area contributed by atoms with Gasteiger partial charge in [-0.2, -0.15) is 0 Å². The van der Waals surface area contributed by atoms with E-state index >= 15 is 0 Å². The minimum Gasteiger partial charge on any atom is -0.387 e. The molecule has 2 nitrogen and oxygen atoms in total. The zero-order valence-corrected chi connectivity index (χ0v) is 7.57. The standard InChI is InChI=1S/C7H9BrN2/c1-5-3-7(9-2)6(8)4-10-5/h3-4H,1-2H3,(H,9,10). The van der Waals surface area contributed by atoms with Crippen LogP contribution in [0.15, 0.2) is 16.7 Å². The van der Waals surface area contributed by atoms with E-state index in [1.807, 2.05) is 20.0 Å². The Labute approximate surface area is 68.8 Å². The molecule has 0 radical (unpaired) electrons. The van der Waals surface area contributed by atoms with Gasteiger partial charge in [0.25, 0.3) is 0 Å². The number of pyridine rings is 1. The van der Waals surface area contributed by atoms with E-state index in [9.17, 15) is 0 Å². The number of aromatic nitrogens is 1. The van der Waals surface area contributed by atoms with Gasteiger partial charge in [0.15, 0.2) is 0 Å². The molecule has 1 rings (SSSR count). The Morgan fingerprint density at radius 2 is 2.30 bits per heavy atom. The molecule has 0 aromatic carbocycles. The lowest BCUT2D eigenvalue weighted by Gasteiger charge is -2.02. The fourth-order valence-corrected chi connectivity index (χ4v) is 1.15. The average molecular weight is 201 g/mol. The molecule has 0 spiro atoms. The van der Waals surface area contributed by atoms with Gasteiger partial charge < -0.3 is 5.32 Å². The largest absolute Gasteiger partial charge is 0.387 e. The van der Waals surface area contributed by atoms with Crippen LogP contribution in [0.25, 0.3) is 0 Å². The lowest BCUT2D eigenvalue weighted by atomic mass is 10.3. The molecule has 10 heavy (non-hydrogen) atoms. The molecule has 1 aromatic rings. The zero-order valence-electron chi connectivity index (χ0n) is 5.98. The van der Waals surface area contributed by atoms with Crippen LogP contribution in [0.2, 0.25) is 0 Å². The van der Waals surface area contributed by atoms with Crippen LogP contribution in [0.3, 0.4) is 0 Å². The number of anilines is 1. The number of aryl methyl sites for hydroxylation is 1. The van der Waals surface area contributed by atoms with Gasteiger partial charge in [0.1, 0.15) is 0 Å². The summed E-state index contributed by atoms with van der Waals surface area (Å²) >= 11 is 3.37. The van der Waals surface area contributed by atoms with Crippen molar-refractivity contribution >= 4 is 21.6 Å². The highest BCUT2D eigenvalue weighted by atomic mass is 79.9. The number of nitrogens with zero attached hydrogens (tertiary/aromatic N) is 1. The summed E-state index contributed by atoms with van der Waals surface area (Å²) in [6.45, 7) is 1.97. The molecule has 0 amide bonds. The van der Waals surface area contributed by atoms with E-state index in [2.05, 4.69) is 26.2 Å². The zero-order chi connectivity index (χ0) is 7.56. The van der Waals surface area contributed by atoms with Crippen molar-refractivity contribution in [3.63, 3.8) is 0 Å². The summed E-state index contributed by atoms with van der Waals surface area (Å²) in [5, 5.41) is 3.05. The van der Waals surface area contributed by atoms with Crippen molar-refractivity contribution in [2.24, 2.45) is 0 Å². The maximum absolute atomic E-state index is 4.10. The van der Waals surface area contributed by atoms with E-state index in [1.165, 1.54) is 0 Å². The van der Waals surface area contributed by atoms with Gasteiger partial charge in [-0.15, -0.1) is 0 Å². The van der Waals surface area contributed by atoms with Gasteiger partial charge in [0.2, 0.25) is 0 Å². The van der Waals surface area contributed by atoms with Crippen molar-refractivity contribution in [2.75, 3.05) is 12.4 Å². The molecular formula is C7H9BrN2. The lowest BCUT2D eigenvalue weighted by Crippen LogP contribution is -1.91. The van der Waals surface area contributed by atoms with Gasteiger partial charge >= 0.3 is 0 Å². The minimum absolute atomic E-state index is 1.00. The van der Waals surface area contributed by atoms with Crippen LogP contribution < -0.4 is 5.32 Å². The third kappa shape index (κ3) is 1.48. The molecule has 0 atom stereocenters. The second-order valence-corrected chi connectivity index (χ2v) is 2.91. The Morgan fingerprint density at radius 3 is 2.80 bits per heavy atom. The number of nitrogens with one attached hydrogen (secondary N) is 1. The predicted octanol–water partition coefficient (Wildman–Crippen LogP) is 2.19. The highest BCUT2D eigenvalue weighted by Gasteiger charge is 1.95. The average Bonchev–Trinajstić information content (AvgIpc) is 1.94. The van der Waals surface area contributed by atoms with Gasteiger partial charge in [0.05, 0.1) is 10.2 Å².